The highest BCUT2D eigenvalue weighted by Gasteiger charge is 2.28. The van der Waals surface area contributed by atoms with Crippen LogP contribution in [0.4, 0.5) is 0 Å². The van der Waals surface area contributed by atoms with E-state index in [4.69, 9.17) is 26.6 Å². The van der Waals surface area contributed by atoms with Crippen molar-refractivity contribution in [1.29, 1.82) is 0 Å². The zero-order valence-electron chi connectivity index (χ0n) is 11.2. The molecule has 0 saturated carbocycles. The number of rotatable bonds is 2. The predicted molar refractivity (Wildman–Crippen MR) is 74.3 cm³/mol. The van der Waals surface area contributed by atoms with E-state index in [2.05, 4.69) is 0 Å². The van der Waals surface area contributed by atoms with Gasteiger partial charge >= 0.3 is 0 Å². The van der Waals surface area contributed by atoms with E-state index in [1.165, 1.54) is 0 Å². The number of benzene rings is 1. The molecular weight excluding hydrogens is 268 g/mol. The molecule has 0 bridgehead atoms. The van der Waals surface area contributed by atoms with Crippen LogP contribution in [0.15, 0.2) is 18.2 Å². The highest BCUT2D eigenvalue weighted by atomic mass is 35.5. The van der Waals surface area contributed by atoms with Gasteiger partial charge in [-0.15, -0.1) is 0 Å². The zero-order valence-corrected chi connectivity index (χ0v) is 12.0. The fourth-order valence-electron chi connectivity index (χ4n) is 2.19. The first-order valence-electron chi connectivity index (χ1n) is 6.25. The van der Waals surface area contributed by atoms with E-state index in [0.29, 0.717) is 12.8 Å². The standard InChI is InChI=1S/C13H17ClO3.CH4O/c1-8-4-9(2-3-12(8)14)13-6-10(16)5-11(7-15)17-13;1-2/h2-4,10-11,13,15-16H,5-7H2,1H3;2H,1H3. The maximum Gasteiger partial charge on any atom is 0.0854 e. The van der Waals surface area contributed by atoms with Gasteiger partial charge in [0.05, 0.1) is 24.9 Å². The van der Waals surface area contributed by atoms with Gasteiger partial charge in [0, 0.05) is 25.0 Å². The molecule has 1 fully saturated rings. The fourth-order valence-corrected chi connectivity index (χ4v) is 2.31. The normalized spacial score (nSPS) is 26.5. The second kappa shape index (κ2) is 7.82. The van der Waals surface area contributed by atoms with E-state index in [-0.39, 0.29) is 18.8 Å². The van der Waals surface area contributed by atoms with Gasteiger partial charge in [0.1, 0.15) is 0 Å². The first kappa shape index (κ1) is 16.4. The van der Waals surface area contributed by atoms with Crippen molar-refractivity contribution >= 4 is 11.6 Å². The maximum atomic E-state index is 9.75. The number of ether oxygens (including phenoxy) is 1. The van der Waals surface area contributed by atoms with Crippen LogP contribution in [0.5, 0.6) is 0 Å². The summed E-state index contributed by atoms with van der Waals surface area (Å²) in [6.45, 7) is 1.88. The molecule has 108 valence electrons. The molecule has 1 aromatic carbocycles. The zero-order chi connectivity index (χ0) is 14.4. The smallest absolute Gasteiger partial charge is 0.0854 e. The molecule has 19 heavy (non-hydrogen) atoms. The molecule has 1 heterocycles. The molecule has 1 aliphatic rings. The van der Waals surface area contributed by atoms with E-state index in [0.717, 1.165) is 23.3 Å². The average molecular weight is 289 g/mol. The van der Waals surface area contributed by atoms with Gasteiger partial charge in [-0.25, -0.2) is 0 Å². The summed E-state index contributed by atoms with van der Waals surface area (Å²) in [6, 6.07) is 5.72. The van der Waals surface area contributed by atoms with E-state index >= 15 is 0 Å². The molecule has 1 aliphatic heterocycles. The Morgan fingerprint density at radius 3 is 2.58 bits per heavy atom. The fraction of sp³-hybridized carbons (Fsp3) is 0.571. The van der Waals surface area contributed by atoms with Crippen molar-refractivity contribution in [2.24, 2.45) is 0 Å². The molecule has 1 saturated heterocycles. The Bertz CT molecular complexity index is 397. The molecule has 5 heteroatoms. The van der Waals surface area contributed by atoms with Crippen LogP contribution >= 0.6 is 11.6 Å². The summed E-state index contributed by atoms with van der Waals surface area (Å²) in [4.78, 5) is 0. The van der Waals surface area contributed by atoms with Crippen LogP contribution in [-0.2, 0) is 4.74 Å². The number of aryl methyl sites for hydroxylation is 1. The van der Waals surface area contributed by atoms with Gasteiger partial charge in [-0.05, 0) is 24.1 Å². The lowest BCUT2D eigenvalue weighted by Crippen LogP contribution is -2.33. The Balaban J connectivity index is 0.000000861. The first-order chi connectivity index (χ1) is 9.10. The van der Waals surface area contributed by atoms with E-state index < -0.39 is 6.10 Å². The molecule has 2 rings (SSSR count). The van der Waals surface area contributed by atoms with Crippen LogP contribution in [0.3, 0.4) is 0 Å². The van der Waals surface area contributed by atoms with Gasteiger partial charge in [0.15, 0.2) is 0 Å². The van der Waals surface area contributed by atoms with Gasteiger partial charge in [0.2, 0.25) is 0 Å². The van der Waals surface area contributed by atoms with Crippen molar-refractivity contribution in [3.05, 3.63) is 34.3 Å². The van der Waals surface area contributed by atoms with Crippen LogP contribution in [0.1, 0.15) is 30.1 Å². The lowest BCUT2D eigenvalue weighted by Gasteiger charge is -2.32. The molecular formula is C14H21ClO4. The lowest BCUT2D eigenvalue weighted by molar-refractivity contribution is -0.113. The molecule has 4 nitrogen and oxygen atoms in total. The van der Waals surface area contributed by atoms with Gasteiger partial charge in [-0.1, -0.05) is 23.7 Å². The third kappa shape index (κ3) is 4.44. The van der Waals surface area contributed by atoms with E-state index in [1.807, 2.05) is 25.1 Å². The predicted octanol–water partition coefficient (Wildman–Crippen LogP) is 1.83. The van der Waals surface area contributed by atoms with Gasteiger partial charge < -0.3 is 20.1 Å². The lowest BCUT2D eigenvalue weighted by atomic mass is 9.95. The topological polar surface area (TPSA) is 69.9 Å². The molecule has 3 atom stereocenters. The number of aliphatic hydroxyl groups excluding tert-OH is 3. The highest BCUT2D eigenvalue weighted by Crippen LogP contribution is 2.32. The van der Waals surface area contributed by atoms with Crippen molar-refractivity contribution in [2.45, 2.75) is 38.1 Å². The highest BCUT2D eigenvalue weighted by molar-refractivity contribution is 6.31. The van der Waals surface area contributed by atoms with Gasteiger partial charge in [-0.3, -0.25) is 0 Å². The quantitative estimate of drug-likeness (QED) is 0.776. The SMILES string of the molecule is CO.Cc1cc(C2CC(O)CC(CO)O2)ccc1Cl. The number of hydrogen-bond donors (Lipinski definition) is 3. The third-order valence-electron chi connectivity index (χ3n) is 3.14. The summed E-state index contributed by atoms with van der Waals surface area (Å²) in [6.07, 6.45) is 0.213. The Morgan fingerprint density at radius 1 is 1.32 bits per heavy atom. The largest absolute Gasteiger partial charge is 0.400 e. The second-order valence-electron chi connectivity index (χ2n) is 4.56. The Labute approximate surface area is 118 Å². The van der Waals surface area contributed by atoms with Crippen LogP contribution in [0, 0.1) is 6.92 Å². The summed E-state index contributed by atoms with van der Waals surface area (Å²) in [5.74, 6) is 0. The Morgan fingerprint density at radius 2 is 2.00 bits per heavy atom. The second-order valence-corrected chi connectivity index (χ2v) is 4.97. The minimum Gasteiger partial charge on any atom is -0.400 e. The summed E-state index contributed by atoms with van der Waals surface area (Å²) < 4.78 is 5.73. The van der Waals surface area contributed by atoms with Crippen molar-refractivity contribution in [3.63, 3.8) is 0 Å². The summed E-state index contributed by atoms with van der Waals surface area (Å²) in [7, 11) is 1.00. The Kier molecular flexibility index (Phi) is 6.75. The molecule has 0 aliphatic carbocycles. The minimum atomic E-state index is -0.415. The molecule has 0 radical (unpaired) electrons. The van der Waals surface area contributed by atoms with Gasteiger partial charge in [0.25, 0.3) is 0 Å². The van der Waals surface area contributed by atoms with Crippen molar-refractivity contribution < 1.29 is 20.1 Å². The van der Waals surface area contributed by atoms with Crippen molar-refractivity contribution in [2.75, 3.05) is 13.7 Å². The monoisotopic (exact) mass is 288 g/mol. The van der Waals surface area contributed by atoms with E-state index in [1.54, 1.807) is 0 Å². The molecule has 3 N–H and O–H groups in total. The summed E-state index contributed by atoms with van der Waals surface area (Å²) >= 11 is 5.97. The molecule has 3 unspecified atom stereocenters. The van der Waals surface area contributed by atoms with Crippen molar-refractivity contribution in [3.8, 4) is 0 Å². The van der Waals surface area contributed by atoms with Crippen LogP contribution in [0.2, 0.25) is 5.02 Å². The van der Waals surface area contributed by atoms with Crippen LogP contribution in [-0.4, -0.2) is 41.2 Å². The Hall–Kier alpha value is -0.650. The average Bonchev–Trinajstić information content (AvgIpc) is 2.43. The third-order valence-corrected chi connectivity index (χ3v) is 3.56. The number of hydrogen-bond acceptors (Lipinski definition) is 4. The molecule has 1 aromatic rings. The van der Waals surface area contributed by atoms with E-state index in [9.17, 15) is 5.11 Å². The van der Waals surface area contributed by atoms with Crippen LogP contribution < -0.4 is 0 Å². The first-order valence-corrected chi connectivity index (χ1v) is 6.63. The molecule has 0 spiro atoms. The summed E-state index contributed by atoms with van der Waals surface area (Å²) in [5.41, 5.74) is 2.00. The van der Waals surface area contributed by atoms with Gasteiger partial charge in [-0.2, -0.15) is 0 Å². The van der Waals surface area contributed by atoms with Crippen molar-refractivity contribution in [1.82, 2.24) is 0 Å². The molecule has 0 aromatic heterocycles. The summed E-state index contributed by atoms with van der Waals surface area (Å²) in [5, 5.41) is 26.6. The maximum absolute atomic E-state index is 9.75. The van der Waals surface area contributed by atoms with Crippen LogP contribution in [0.25, 0.3) is 0 Å². The molecule has 0 amide bonds. The minimum absolute atomic E-state index is 0.0554. The number of aliphatic hydroxyl groups is 3. The number of halogens is 1.